The molecule has 3 aromatic carbocycles. The van der Waals surface area contributed by atoms with Crippen molar-refractivity contribution in [1.29, 1.82) is 0 Å². The van der Waals surface area contributed by atoms with Crippen LogP contribution in [0.1, 0.15) is 54.3 Å². The number of likely N-dealkylation sites (tertiary alicyclic amines) is 2. The van der Waals surface area contributed by atoms with Crippen molar-refractivity contribution in [3.63, 3.8) is 0 Å². The van der Waals surface area contributed by atoms with Gasteiger partial charge in [-0.2, -0.15) is 0 Å². The maximum absolute atomic E-state index is 15.6. The molecule has 2 saturated heterocycles. The summed E-state index contributed by atoms with van der Waals surface area (Å²) in [6.45, 7) is 3.07. The molecule has 0 bridgehead atoms. The third-order valence-corrected chi connectivity index (χ3v) is 11.9. The number of aromatic nitrogens is 1. The van der Waals surface area contributed by atoms with Crippen LogP contribution in [0.5, 0.6) is 11.5 Å². The zero-order chi connectivity index (χ0) is 32.9. The molecule has 246 valence electrons. The number of methoxy groups -OCH3 is 2. The third kappa shape index (κ3) is 5.19. The molecule has 2 atom stereocenters. The summed E-state index contributed by atoms with van der Waals surface area (Å²) in [7, 11) is -1.43. The number of carbonyl (C=O) groups is 1. The van der Waals surface area contributed by atoms with Crippen LogP contribution in [0.4, 0.5) is 5.69 Å². The molecule has 2 unspecified atom stereocenters. The Morgan fingerprint density at radius 2 is 1.68 bits per heavy atom. The van der Waals surface area contributed by atoms with E-state index in [1.165, 1.54) is 31.6 Å². The standard InChI is InChI=1S/C34H34Cl2N4O6S/c1-44-23-8-10-24(11-9-23)47(42,43)40-30-20-28(36)27(35)19-25(30)34(33(40)41,39-16-5-6-29(39)32-37-13-17-46-32)26-18-22(7-12-31(26)45-2)21-38-14-3-4-15-38/h7-13,17-20,29H,3-6,14-16,21H2,1-2H3. The van der Waals surface area contributed by atoms with Gasteiger partial charge in [-0.3, -0.25) is 14.6 Å². The second kappa shape index (κ2) is 12.4. The molecule has 47 heavy (non-hydrogen) atoms. The summed E-state index contributed by atoms with van der Waals surface area (Å²) in [6.07, 6.45) is 6.66. The quantitative estimate of drug-likeness (QED) is 0.196. The molecule has 0 aliphatic carbocycles. The number of carbonyl (C=O) groups excluding carboxylic acids is 1. The van der Waals surface area contributed by atoms with Gasteiger partial charge in [0.25, 0.3) is 15.9 Å². The molecule has 0 radical (unpaired) electrons. The fourth-order valence-corrected chi connectivity index (χ4v) is 9.08. The Hall–Kier alpha value is -3.61. The average molecular weight is 698 g/mol. The number of anilines is 1. The predicted octanol–water partition coefficient (Wildman–Crippen LogP) is 6.41. The lowest BCUT2D eigenvalue weighted by atomic mass is 9.80. The van der Waals surface area contributed by atoms with Crippen molar-refractivity contribution in [1.82, 2.24) is 14.8 Å². The summed E-state index contributed by atoms with van der Waals surface area (Å²) in [5.74, 6) is 0.644. The van der Waals surface area contributed by atoms with E-state index in [4.69, 9.17) is 37.1 Å². The summed E-state index contributed by atoms with van der Waals surface area (Å²) >= 11 is 13.3. The first kappa shape index (κ1) is 32.0. The fraction of sp³-hybridized carbons (Fsp3) is 0.353. The van der Waals surface area contributed by atoms with Gasteiger partial charge < -0.3 is 13.9 Å². The summed E-state index contributed by atoms with van der Waals surface area (Å²) in [5.41, 5.74) is 0.270. The van der Waals surface area contributed by atoms with Crippen molar-refractivity contribution < 1.29 is 27.1 Å². The van der Waals surface area contributed by atoms with E-state index in [-0.39, 0.29) is 20.6 Å². The van der Waals surface area contributed by atoms with Crippen LogP contribution in [0.3, 0.4) is 0 Å². The second-order valence-electron chi connectivity index (χ2n) is 12.0. The lowest BCUT2D eigenvalue weighted by molar-refractivity contribution is -0.127. The van der Waals surface area contributed by atoms with E-state index in [1.54, 1.807) is 31.5 Å². The van der Waals surface area contributed by atoms with Crippen LogP contribution in [0.2, 0.25) is 10.0 Å². The molecule has 0 saturated carbocycles. The number of hydrogen-bond donors (Lipinski definition) is 0. The normalized spacial score (nSPS) is 21.8. The van der Waals surface area contributed by atoms with Gasteiger partial charge in [-0.25, -0.2) is 17.7 Å². The third-order valence-electron chi connectivity index (χ3n) is 9.42. The van der Waals surface area contributed by atoms with E-state index in [2.05, 4.69) is 9.88 Å². The van der Waals surface area contributed by atoms with Crippen LogP contribution in [0.25, 0.3) is 0 Å². The van der Waals surface area contributed by atoms with Gasteiger partial charge in [0, 0.05) is 24.2 Å². The summed E-state index contributed by atoms with van der Waals surface area (Å²) in [6, 6.07) is 14.3. The van der Waals surface area contributed by atoms with Gasteiger partial charge in [0.1, 0.15) is 17.8 Å². The number of nitrogens with zero attached hydrogens (tertiary/aromatic N) is 4. The molecule has 13 heteroatoms. The van der Waals surface area contributed by atoms with Crippen molar-refractivity contribution in [2.45, 2.75) is 48.7 Å². The molecule has 1 aromatic heterocycles. The van der Waals surface area contributed by atoms with Crippen LogP contribution in [0, 0.1) is 0 Å². The Bertz CT molecular complexity index is 1920. The molecular weight excluding hydrogens is 663 g/mol. The number of oxazole rings is 1. The van der Waals surface area contributed by atoms with Gasteiger partial charge in [0.15, 0.2) is 5.54 Å². The fourth-order valence-electron chi connectivity index (χ4n) is 7.31. The lowest BCUT2D eigenvalue weighted by Gasteiger charge is -2.41. The molecule has 1 amide bonds. The first-order valence-electron chi connectivity index (χ1n) is 15.5. The first-order chi connectivity index (χ1) is 22.7. The van der Waals surface area contributed by atoms with Crippen molar-refractivity contribution in [2.24, 2.45) is 0 Å². The molecule has 10 nitrogen and oxygen atoms in total. The number of sulfonamides is 1. The zero-order valence-electron chi connectivity index (χ0n) is 26.0. The topological polar surface area (TPSA) is 105 Å². The SMILES string of the molecule is COc1ccc(S(=O)(=O)N2C(=O)C(c3cc(CN4CCCC4)ccc3OC)(N3CCCC3c3ncco3)c3cc(Cl)c(Cl)cc32)cc1. The van der Waals surface area contributed by atoms with E-state index in [0.29, 0.717) is 54.4 Å². The molecule has 3 aliphatic heterocycles. The second-order valence-corrected chi connectivity index (χ2v) is 14.6. The molecule has 0 spiro atoms. The Morgan fingerprint density at radius 3 is 2.36 bits per heavy atom. The largest absolute Gasteiger partial charge is 0.497 e. The molecule has 3 aliphatic rings. The smallest absolute Gasteiger partial charge is 0.271 e. The van der Waals surface area contributed by atoms with Gasteiger partial charge in [-0.15, -0.1) is 0 Å². The van der Waals surface area contributed by atoms with Crippen molar-refractivity contribution in [2.75, 3.05) is 38.2 Å². The minimum atomic E-state index is -4.47. The minimum absolute atomic E-state index is 0.0834. The van der Waals surface area contributed by atoms with Crippen LogP contribution in [-0.2, 0) is 26.9 Å². The number of rotatable bonds is 9. The van der Waals surface area contributed by atoms with E-state index >= 15 is 4.79 Å². The Labute approximate surface area is 283 Å². The number of amides is 1. The van der Waals surface area contributed by atoms with Gasteiger partial charge in [0.2, 0.25) is 5.89 Å². The molecule has 2 fully saturated rings. The van der Waals surface area contributed by atoms with E-state index in [0.717, 1.165) is 35.8 Å². The van der Waals surface area contributed by atoms with Gasteiger partial charge in [0.05, 0.1) is 47.1 Å². The highest BCUT2D eigenvalue weighted by atomic mass is 35.5. The molecular formula is C34H34Cl2N4O6S. The van der Waals surface area contributed by atoms with Crippen LogP contribution >= 0.6 is 23.2 Å². The number of ether oxygens (including phenoxy) is 2. The summed E-state index contributed by atoms with van der Waals surface area (Å²) in [4.78, 5) is 24.3. The van der Waals surface area contributed by atoms with E-state index in [9.17, 15) is 8.42 Å². The Balaban J connectivity index is 1.51. The number of fused-ring (bicyclic) bond motifs is 1. The van der Waals surface area contributed by atoms with Crippen molar-refractivity contribution in [3.8, 4) is 11.5 Å². The molecule has 7 rings (SSSR count). The minimum Gasteiger partial charge on any atom is -0.497 e. The van der Waals surface area contributed by atoms with E-state index < -0.39 is 27.5 Å². The molecule has 4 heterocycles. The van der Waals surface area contributed by atoms with Crippen LogP contribution in [0.15, 0.2) is 76.4 Å². The zero-order valence-corrected chi connectivity index (χ0v) is 28.3. The maximum atomic E-state index is 15.6. The summed E-state index contributed by atoms with van der Waals surface area (Å²) < 4.78 is 47.1. The van der Waals surface area contributed by atoms with Gasteiger partial charge >= 0.3 is 0 Å². The van der Waals surface area contributed by atoms with Crippen LogP contribution in [-0.4, -0.2) is 63.0 Å². The van der Waals surface area contributed by atoms with E-state index in [1.807, 2.05) is 23.1 Å². The highest BCUT2D eigenvalue weighted by Gasteiger charge is 2.63. The maximum Gasteiger partial charge on any atom is 0.271 e. The summed E-state index contributed by atoms with van der Waals surface area (Å²) in [5, 5.41) is 0.301. The first-order valence-corrected chi connectivity index (χ1v) is 17.7. The van der Waals surface area contributed by atoms with Crippen LogP contribution < -0.4 is 13.8 Å². The van der Waals surface area contributed by atoms with Gasteiger partial charge in [-0.05, 0) is 92.9 Å². The average Bonchev–Trinajstić information content (AvgIpc) is 3.89. The highest BCUT2D eigenvalue weighted by molar-refractivity contribution is 7.93. The predicted molar refractivity (Wildman–Crippen MR) is 178 cm³/mol. The van der Waals surface area contributed by atoms with Crippen molar-refractivity contribution in [3.05, 3.63) is 99.7 Å². The monoisotopic (exact) mass is 696 g/mol. The highest BCUT2D eigenvalue weighted by Crippen LogP contribution is 2.57. The van der Waals surface area contributed by atoms with Crippen molar-refractivity contribution >= 4 is 44.8 Å². The molecule has 4 aromatic rings. The number of halogens is 2. The number of hydrogen-bond acceptors (Lipinski definition) is 9. The Kier molecular flexibility index (Phi) is 8.46. The lowest BCUT2D eigenvalue weighted by Crippen LogP contribution is -2.54. The molecule has 0 N–H and O–H groups in total. The number of benzene rings is 3. The Morgan fingerprint density at radius 1 is 0.936 bits per heavy atom. The van der Waals surface area contributed by atoms with Gasteiger partial charge in [-0.1, -0.05) is 29.3 Å².